The number of ether oxygens (including phenoxy) is 2. The van der Waals surface area contributed by atoms with Crippen LogP contribution in [0.1, 0.15) is 30.5 Å². The monoisotopic (exact) mass is 532 g/mol. The lowest BCUT2D eigenvalue weighted by Crippen LogP contribution is -2.47. The summed E-state index contributed by atoms with van der Waals surface area (Å²) in [6.07, 6.45) is 0.240. The van der Waals surface area contributed by atoms with Gasteiger partial charge in [0, 0.05) is 31.9 Å². The number of allylic oxidation sites excluding steroid dienone is 1. The van der Waals surface area contributed by atoms with Gasteiger partial charge in [-0.25, -0.2) is 9.79 Å². The summed E-state index contributed by atoms with van der Waals surface area (Å²) in [5, 5.41) is 2.72. The summed E-state index contributed by atoms with van der Waals surface area (Å²) < 4.78 is 11.3. The predicted molar refractivity (Wildman–Crippen MR) is 148 cm³/mol. The van der Waals surface area contributed by atoms with Gasteiger partial charge in [-0.1, -0.05) is 54.2 Å². The van der Waals surface area contributed by atoms with Gasteiger partial charge in [0.1, 0.15) is 12.4 Å². The lowest BCUT2D eigenvalue weighted by Gasteiger charge is -2.37. The van der Waals surface area contributed by atoms with E-state index in [0.717, 1.165) is 35.1 Å². The Kier molecular flexibility index (Phi) is 7.85. The Morgan fingerprint density at radius 1 is 1.05 bits per heavy atom. The predicted octanol–water partition coefficient (Wildman–Crippen LogP) is 4.18. The normalized spacial score (nSPS) is 19.6. The van der Waals surface area contributed by atoms with Crippen LogP contribution in [-0.4, -0.2) is 72.1 Å². The fraction of sp³-hybridized carbons (Fsp3) is 0.345. The summed E-state index contributed by atoms with van der Waals surface area (Å²) >= 11 is 1.48. The molecule has 198 valence electrons. The minimum Gasteiger partial charge on any atom is -0.489 e. The molecule has 3 heterocycles. The maximum absolute atomic E-state index is 13.3. The molecule has 2 aromatic carbocycles. The molecule has 2 aromatic rings. The van der Waals surface area contributed by atoms with Gasteiger partial charge in [0.25, 0.3) is 0 Å². The number of fused-ring (bicyclic) bond motifs is 1. The Morgan fingerprint density at radius 3 is 2.55 bits per heavy atom. The fourth-order valence-electron chi connectivity index (χ4n) is 4.89. The average Bonchev–Trinajstić information content (AvgIpc) is 3.33. The molecule has 1 atom stereocenters. The number of likely N-dealkylation sites (N-methyl/N-ethyl adjacent to an activating group) is 1. The van der Waals surface area contributed by atoms with Crippen molar-refractivity contribution in [2.75, 3.05) is 40.3 Å². The first-order valence-corrected chi connectivity index (χ1v) is 13.6. The molecule has 3 aliphatic rings. The van der Waals surface area contributed by atoms with Crippen LogP contribution in [0.5, 0.6) is 5.75 Å². The zero-order valence-electron chi connectivity index (χ0n) is 21.9. The smallest absolute Gasteiger partial charge is 0.338 e. The number of methoxy groups -OCH3 is 1. The summed E-state index contributed by atoms with van der Waals surface area (Å²) in [4.78, 5) is 37.2. The number of amidine groups is 1. The molecule has 9 heteroatoms. The van der Waals surface area contributed by atoms with Crippen LogP contribution in [0, 0.1) is 0 Å². The van der Waals surface area contributed by atoms with Crippen molar-refractivity contribution < 1.29 is 19.1 Å². The van der Waals surface area contributed by atoms with Gasteiger partial charge in [0.05, 0.1) is 30.8 Å². The first-order chi connectivity index (χ1) is 18.4. The lowest BCUT2D eigenvalue weighted by molar-refractivity contribution is -0.136. The number of carbonyl (C=O) groups excluding carboxylic acids is 2. The number of esters is 1. The van der Waals surface area contributed by atoms with Crippen LogP contribution >= 0.6 is 11.8 Å². The topological polar surface area (TPSA) is 74.7 Å². The Bertz CT molecular complexity index is 1300. The maximum Gasteiger partial charge on any atom is 0.338 e. The van der Waals surface area contributed by atoms with E-state index >= 15 is 0 Å². The van der Waals surface area contributed by atoms with Gasteiger partial charge in [-0.2, -0.15) is 0 Å². The Balaban J connectivity index is 1.43. The molecule has 0 aromatic heterocycles. The number of amides is 1. The summed E-state index contributed by atoms with van der Waals surface area (Å²) in [6.45, 7) is 5.42. The summed E-state index contributed by atoms with van der Waals surface area (Å²) in [7, 11) is 3.45. The molecule has 0 bridgehead atoms. The zero-order chi connectivity index (χ0) is 26.6. The standard InChI is InChI=1S/C29H32N4O4S/c1-20-26(28(35)36-3)27(22-10-7-11-24(16-22)37-18-21-8-5-4-6-9-21)33-23(19-38-29(33)30-20)17-25(34)32-14-12-31(2)13-15-32/h4-11,16,19,27H,12-15,17-18H2,1-3H3/t27-/m0/s1. The largest absolute Gasteiger partial charge is 0.489 e. The quantitative estimate of drug-likeness (QED) is 0.496. The molecule has 0 unspecified atom stereocenters. The third-order valence-electron chi connectivity index (χ3n) is 7.02. The highest BCUT2D eigenvalue weighted by atomic mass is 32.2. The zero-order valence-corrected chi connectivity index (χ0v) is 22.7. The van der Waals surface area contributed by atoms with Crippen molar-refractivity contribution in [2.24, 2.45) is 4.99 Å². The van der Waals surface area contributed by atoms with E-state index in [9.17, 15) is 9.59 Å². The Labute approximate surface area is 227 Å². The minimum absolute atomic E-state index is 0.0794. The number of nitrogens with zero attached hydrogens (tertiary/aromatic N) is 4. The Hall–Kier alpha value is -3.56. The van der Waals surface area contributed by atoms with Crippen molar-refractivity contribution in [2.45, 2.75) is 26.0 Å². The van der Waals surface area contributed by atoms with Crippen LogP contribution in [0.4, 0.5) is 0 Å². The van der Waals surface area contributed by atoms with Crippen LogP contribution < -0.4 is 4.74 Å². The highest BCUT2D eigenvalue weighted by Crippen LogP contribution is 2.45. The molecule has 0 radical (unpaired) electrons. The SMILES string of the molecule is COC(=O)C1=C(C)N=C2SC=C(CC(=O)N3CCN(C)CC3)N2[C@H]1c1cccc(OCc2ccccc2)c1. The number of aliphatic imine (C=N–C) groups is 1. The average molecular weight is 533 g/mol. The highest BCUT2D eigenvalue weighted by molar-refractivity contribution is 8.16. The van der Waals surface area contributed by atoms with Gasteiger partial charge in [-0.3, -0.25) is 4.79 Å². The third-order valence-corrected chi connectivity index (χ3v) is 7.91. The van der Waals surface area contributed by atoms with E-state index in [1.54, 1.807) is 0 Å². The van der Waals surface area contributed by atoms with Crippen LogP contribution in [0.15, 0.2) is 82.0 Å². The maximum atomic E-state index is 13.3. The van der Waals surface area contributed by atoms with Gasteiger partial charge in [-0.15, -0.1) is 0 Å². The number of thioether (sulfide) groups is 1. The van der Waals surface area contributed by atoms with Gasteiger partial charge in [0.15, 0.2) is 5.17 Å². The van der Waals surface area contributed by atoms with E-state index in [1.165, 1.54) is 18.9 Å². The third kappa shape index (κ3) is 5.49. The van der Waals surface area contributed by atoms with Crippen molar-refractivity contribution in [3.05, 3.63) is 88.1 Å². The fourth-order valence-corrected chi connectivity index (χ4v) is 5.86. The molecule has 0 spiro atoms. The molecule has 1 amide bonds. The van der Waals surface area contributed by atoms with Crippen LogP contribution in [0.25, 0.3) is 0 Å². The lowest BCUT2D eigenvalue weighted by atomic mass is 9.93. The number of benzene rings is 2. The van der Waals surface area contributed by atoms with Crippen molar-refractivity contribution in [1.29, 1.82) is 0 Å². The van der Waals surface area contributed by atoms with E-state index in [-0.39, 0.29) is 12.3 Å². The molecule has 1 fully saturated rings. The molecule has 8 nitrogen and oxygen atoms in total. The van der Waals surface area contributed by atoms with Crippen molar-refractivity contribution in [3.8, 4) is 5.75 Å². The number of hydrogen-bond acceptors (Lipinski definition) is 8. The molecule has 3 aliphatic heterocycles. The summed E-state index contributed by atoms with van der Waals surface area (Å²) in [5.41, 5.74) is 3.82. The van der Waals surface area contributed by atoms with E-state index < -0.39 is 12.0 Å². The van der Waals surface area contributed by atoms with Gasteiger partial charge >= 0.3 is 5.97 Å². The van der Waals surface area contributed by atoms with E-state index in [0.29, 0.717) is 36.7 Å². The Morgan fingerprint density at radius 2 is 1.82 bits per heavy atom. The number of piperazine rings is 1. The molecule has 5 rings (SSSR count). The van der Waals surface area contributed by atoms with Crippen molar-refractivity contribution in [1.82, 2.24) is 14.7 Å². The molecule has 1 saturated heterocycles. The molecule has 0 saturated carbocycles. The van der Waals surface area contributed by atoms with E-state index in [4.69, 9.17) is 14.5 Å². The second-order valence-corrected chi connectivity index (χ2v) is 10.4. The summed E-state index contributed by atoms with van der Waals surface area (Å²) in [6, 6.07) is 17.2. The number of rotatable bonds is 7. The molecular weight excluding hydrogens is 500 g/mol. The molecule has 0 aliphatic carbocycles. The number of carbonyl (C=O) groups is 2. The first kappa shape index (κ1) is 26.1. The van der Waals surface area contributed by atoms with Crippen LogP contribution in [0.3, 0.4) is 0 Å². The van der Waals surface area contributed by atoms with Gasteiger partial charge in [-0.05, 0) is 42.6 Å². The van der Waals surface area contributed by atoms with E-state index in [1.807, 2.05) is 76.7 Å². The van der Waals surface area contributed by atoms with Gasteiger partial charge < -0.3 is 24.2 Å². The van der Waals surface area contributed by atoms with Gasteiger partial charge in [0.2, 0.25) is 5.91 Å². The van der Waals surface area contributed by atoms with Crippen molar-refractivity contribution in [3.63, 3.8) is 0 Å². The first-order valence-electron chi connectivity index (χ1n) is 12.7. The molecular formula is C29H32N4O4S. The highest BCUT2D eigenvalue weighted by Gasteiger charge is 2.41. The summed E-state index contributed by atoms with van der Waals surface area (Å²) in [5.74, 6) is 0.339. The van der Waals surface area contributed by atoms with Crippen molar-refractivity contribution >= 4 is 28.8 Å². The number of hydrogen-bond donors (Lipinski definition) is 0. The second kappa shape index (κ2) is 11.4. The van der Waals surface area contributed by atoms with Crippen LogP contribution in [-0.2, 0) is 20.9 Å². The second-order valence-electron chi connectivity index (χ2n) is 9.59. The minimum atomic E-state index is -0.489. The molecule has 0 N–H and O–H groups in total. The van der Waals surface area contributed by atoms with E-state index in [2.05, 4.69) is 11.9 Å². The van der Waals surface area contributed by atoms with Crippen LogP contribution in [0.2, 0.25) is 0 Å². The molecule has 38 heavy (non-hydrogen) atoms.